The lowest BCUT2D eigenvalue weighted by atomic mass is 9.95. The Hall–Kier alpha value is -3.32. The van der Waals surface area contributed by atoms with Crippen LogP contribution in [0.25, 0.3) is 11.3 Å². The molecule has 0 spiro atoms. The number of rotatable bonds is 8. The molecule has 0 aliphatic carbocycles. The van der Waals surface area contributed by atoms with Crippen molar-refractivity contribution in [2.45, 2.75) is 19.4 Å². The highest BCUT2D eigenvalue weighted by atomic mass is 16.5. The molecule has 2 N–H and O–H groups in total. The number of aromatic hydroxyl groups is 1. The summed E-state index contributed by atoms with van der Waals surface area (Å²) in [6.07, 6.45) is 0.716. The Morgan fingerprint density at radius 1 is 1.20 bits per heavy atom. The van der Waals surface area contributed by atoms with Crippen LogP contribution in [0.15, 0.2) is 48.5 Å². The van der Waals surface area contributed by atoms with E-state index >= 15 is 0 Å². The molecule has 0 bridgehead atoms. The van der Waals surface area contributed by atoms with Crippen molar-refractivity contribution in [3.05, 3.63) is 65.4 Å². The van der Waals surface area contributed by atoms with Crippen molar-refractivity contribution in [1.29, 1.82) is 0 Å². The first-order valence-corrected chi connectivity index (χ1v) is 10.0. The lowest BCUT2D eigenvalue weighted by Gasteiger charge is -2.26. The first kappa shape index (κ1) is 20.0. The fourth-order valence-corrected chi connectivity index (χ4v) is 3.94. The third-order valence-electron chi connectivity index (χ3n) is 5.26. The number of hydrogen-bond donors (Lipinski definition) is 2. The van der Waals surface area contributed by atoms with E-state index in [0.29, 0.717) is 37.6 Å². The van der Waals surface area contributed by atoms with Gasteiger partial charge in [-0.1, -0.05) is 36.4 Å². The van der Waals surface area contributed by atoms with Crippen LogP contribution in [0, 0.1) is 0 Å². The molecule has 1 aliphatic rings. The van der Waals surface area contributed by atoms with E-state index in [2.05, 4.69) is 10.2 Å². The number of benzene rings is 2. The number of nitrogens with one attached hydrogen (secondary N) is 1. The highest BCUT2D eigenvalue weighted by Crippen LogP contribution is 2.44. The summed E-state index contributed by atoms with van der Waals surface area (Å²) in [6, 6.07) is 14.7. The zero-order chi connectivity index (χ0) is 21.1. The number of nitrogens with zero attached hydrogens (tertiary/aromatic N) is 2. The number of hydrogen-bond acceptors (Lipinski definition) is 5. The summed E-state index contributed by atoms with van der Waals surface area (Å²) < 4.78 is 10.8. The highest BCUT2D eigenvalue weighted by molar-refractivity contribution is 6.00. The van der Waals surface area contributed by atoms with Crippen LogP contribution in [0.2, 0.25) is 0 Å². The molecular weight excluding hydrogens is 382 g/mol. The van der Waals surface area contributed by atoms with E-state index in [0.717, 1.165) is 22.4 Å². The van der Waals surface area contributed by atoms with Gasteiger partial charge in [0, 0.05) is 31.4 Å². The topological polar surface area (TPSA) is 87.7 Å². The monoisotopic (exact) mass is 407 g/mol. The van der Waals surface area contributed by atoms with E-state index in [1.54, 1.807) is 19.2 Å². The average Bonchev–Trinajstić information content (AvgIpc) is 3.30. The van der Waals surface area contributed by atoms with Gasteiger partial charge in [-0.15, -0.1) is 0 Å². The minimum Gasteiger partial charge on any atom is -0.504 e. The molecule has 1 atom stereocenters. The van der Waals surface area contributed by atoms with Crippen molar-refractivity contribution < 1.29 is 19.4 Å². The minimum absolute atomic E-state index is 0.0755. The SMILES string of the molecule is CCOc1cc(C2c3c(-c4ccccc4)n[nH]c3C(=O)N2CCCOC)ccc1O. The third-order valence-corrected chi connectivity index (χ3v) is 5.26. The normalized spacial score (nSPS) is 15.5. The molecule has 30 heavy (non-hydrogen) atoms. The van der Waals surface area contributed by atoms with Gasteiger partial charge < -0.3 is 19.5 Å². The number of amides is 1. The van der Waals surface area contributed by atoms with Crippen LogP contribution in [-0.4, -0.2) is 53.0 Å². The average molecular weight is 407 g/mol. The molecule has 0 fully saturated rings. The molecule has 2 heterocycles. The van der Waals surface area contributed by atoms with Crippen LogP contribution in [0.5, 0.6) is 11.5 Å². The zero-order valence-electron chi connectivity index (χ0n) is 17.1. The summed E-state index contributed by atoms with van der Waals surface area (Å²) in [5, 5.41) is 17.6. The van der Waals surface area contributed by atoms with Gasteiger partial charge in [0.1, 0.15) is 5.69 Å². The molecule has 2 aromatic carbocycles. The number of phenols is 1. The van der Waals surface area contributed by atoms with E-state index in [9.17, 15) is 9.90 Å². The summed E-state index contributed by atoms with van der Waals surface area (Å²) in [6.45, 7) is 3.40. The second kappa shape index (κ2) is 8.59. The van der Waals surface area contributed by atoms with Crippen molar-refractivity contribution in [2.24, 2.45) is 0 Å². The van der Waals surface area contributed by atoms with Crippen molar-refractivity contribution in [1.82, 2.24) is 15.1 Å². The van der Waals surface area contributed by atoms with Gasteiger partial charge in [-0.3, -0.25) is 9.89 Å². The fraction of sp³-hybridized carbons (Fsp3) is 0.304. The van der Waals surface area contributed by atoms with Gasteiger partial charge >= 0.3 is 0 Å². The van der Waals surface area contributed by atoms with Gasteiger partial charge in [0.25, 0.3) is 5.91 Å². The molecule has 1 unspecified atom stereocenters. The fourth-order valence-electron chi connectivity index (χ4n) is 3.94. The van der Waals surface area contributed by atoms with E-state index < -0.39 is 0 Å². The van der Waals surface area contributed by atoms with Crippen molar-refractivity contribution in [2.75, 3.05) is 26.9 Å². The molecule has 7 nitrogen and oxygen atoms in total. The predicted molar refractivity (Wildman–Crippen MR) is 113 cm³/mol. The van der Waals surface area contributed by atoms with Crippen LogP contribution in [-0.2, 0) is 4.74 Å². The first-order valence-electron chi connectivity index (χ1n) is 10.0. The van der Waals surface area contributed by atoms with Gasteiger partial charge in [0.15, 0.2) is 11.5 Å². The van der Waals surface area contributed by atoms with Gasteiger partial charge in [-0.05, 0) is 31.0 Å². The molecule has 1 amide bonds. The third kappa shape index (κ3) is 3.52. The molecule has 1 aromatic heterocycles. The number of H-pyrrole nitrogens is 1. The van der Waals surface area contributed by atoms with Crippen molar-refractivity contribution >= 4 is 5.91 Å². The van der Waals surface area contributed by atoms with E-state index in [4.69, 9.17) is 9.47 Å². The van der Waals surface area contributed by atoms with Crippen LogP contribution in [0.3, 0.4) is 0 Å². The molecule has 0 radical (unpaired) electrons. The quantitative estimate of drug-likeness (QED) is 0.555. The smallest absolute Gasteiger partial charge is 0.273 e. The maximum atomic E-state index is 13.2. The summed E-state index contributed by atoms with van der Waals surface area (Å²) in [7, 11) is 1.65. The van der Waals surface area contributed by atoms with E-state index in [-0.39, 0.29) is 17.7 Å². The number of aromatic nitrogens is 2. The van der Waals surface area contributed by atoms with Gasteiger partial charge in [-0.25, -0.2) is 0 Å². The van der Waals surface area contributed by atoms with Crippen molar-refractivity contribution in [3.8, 4) is 22.8 Å². The Morgan fingerprint density at radius 3 is 2.73 bits per heavy atom. The second-order valence-electron chi connectivity index (χ2n) is 7.13. The highest BCUT2D eigenvalue weighted by Gasteiger charge is 2.42. The van der Waals surface area contributed by atoms with Crippen LogP contribution < -0.4 is 4.74 Å². The standard InChI is InChI=1S/C23H25N3O4/c1-3-30-18-14-16(10-11-17(18)27)22-19-20(15-8-5-4-6-9-15)24-25-21(19)23(28)26(22)12-7-13-29-2/h4-6,8-11,14,22,27H,3,7,12-13H2,1-2H3,(H,24,25). The largest absolute Gasteiger partial charge is 0.504 e. The molecule has 156 valence electrons. The molecule has 3 aromatic rings. The zero-order valence-corrected chi connectivity index (χ0v) is 17.1. The molecule has 0 saturated heterocycles. The predicted octanol–water partition coefficient (Wildman–Crippen LogP) is 3.76. The summed E-state index contributed by atoms with van der Waals surface area (Å²) in [4.78, 5) is 15.1. The Kier molecular flexibility index (Phi) is 5.72. The maximum Gasteiger partial charge on any atom is 0.273 e. The number of carbonyl (C=O) groups is 1. The summed E-state index contributed by atoms with van der Waals surface area (Å²) in [5.74, 6) is 0.385. The molecule has 1 aliphatic heterocycles. The van der Waals surface area contributed by atoms with Gasteiger partial charge in [0.05, 0.1) is 18.3 Å². The van der Waals surface area contributed by atoms with Crippen molar-refractivity contribution in [3.63, 3.8) is 0 Å². The number of methoxy groups -OCH3 is 1. The molecule has 7 heteroatoms. The first-order chi connectivity index (χ1) is 14.7. The maximum absolute atomic E-state index is 13.2. The lowest BCUT2D eigenvalue weighted by molar-refractivity contribution is 0.0723. The van der Waals surface area contributed by atoms with Crippen LogP contribution >= 0.6 is 0 Å². The van der Waals surface area contributed by atoms with Gasteiger partial charge in [0.2, 0.25) is 0 Å². The summed E-state index contributed by atoms with van der Waals surface area (Å²) >= 11 is 0. The Labute approximate surface area is 175 Å². The van der Waals surface area contributed by atoms with Gasteiger partial charge in [-0.2, -0.15) is 5.10 Å². The minimum atomic E-state index is -0.335. The number of carbonyl (C=O) groups excluding carboxylic acids is 1. The Morgan fingerprint density at radius 2 is 2.00 bits per heavy atom. The van der Waals surface area contributed by atoms with E-state index in [1.807, 2.05) is 48.2 Å². The van der Waals surface area contributed by atoms with Crippen LogP contribution in [0.4, 0.5) is 0 Å². The summed E-state index contributed by atoms with van der Waals surface area (Å²) in [5.41, 5.74) is 3.90. The molecular formula is C23H25N3O4. The number of phenolic OH excluding ortho intramolecular Hbond substituents is 1. The lowest BCUT2D eigenvalue weighted by Crippen LogP contribution is -2.31. The molecule has 4 rings (SSSR count). The second-order valence-corrected chi connectivity index (χ2v) is 7.13. The number of fused-ring (bicyclic) bond motifs is 1. The Balaban J connectivity index is 1.82. The van der Waals surface area contributed by atoms with E-state index in [1.165, 1.54) is 0 Å². The van der Waals surface area contributed by atoms with Crippen LogP contribution in [0.1, 0.15) is 41.0 Å². The Bertz CT molecular complexity index is 1030. The number of aromatic amines is 1. The molecule has 0 saturated carbocycles. The number of ether oxygens (including phenoxy) is 2.